The molecule has 4 amide bonds. The summed E-state index contributed by atoms with van der Waals surface area (Å²) in [7, 11) is 0. The van der Waals surface area contributed by atoms with E-state index in [9.17, 15) is 14.4 Å². The first-order valence-corrected chi connectivity index (χ1v) is 13.0. The average Bonchev–Trinajstić information content (AvgIpc) is 3.25. The lowest BCUT2D eigenvalue weighted by Gasteiger charge is -2.39. The number of piperidine rings is 1. The summed E-state index contributed by atoms with van der Waals surface area (Å²) >= 11 is 1.67. The standard InChI is InChI=1S/C25H32N4O3S/c1-33-16-9-22(26-18-30)23(31)29-15-12-25(17-29)10-13-28(14-11-25)24(32)27-21-8-4-6-19-5-2-3-7-20(19)21/h2-8,18,22H,9-17H2,1H3,(H,26,30)(H,27,32). The predicted octanol–water partition coefficient (Wildman–Crippen LogP) is 3.55. The van der Waals surface area contributed by atoms with Gasteiger partial charge in [0.25, 0.3) is 0 Å². The molecule has 176 valence electrons. The van der Waals surface area contributed by atoms with Crippen molar-refractivity contribution in [3.8, 4) is 0 Å². The van der Waals surface area contributed by atoms with E-state index in [4.69, 9.17) is 0 Å². The van der Waals surface area contributed by atoms with Crippen LogP contribution in [0, 0.1) is 5.41 Å². The van der Waals surface area contributed by atoms with Gasteiger partial charge in [-0.05, 0) is 54.6 Å². The van der Waals surface area contributed by atoms with Gasteiger partial charge >= 0.3 is 6.03 Å². The molecule has 2 aliphatic rings. The van der Waals surface area contributed by atoms with Crippen molar-refractivity contribution in [3.05, 3.63) is 42.5 Å². The average molecular weight is 469 g/mol. The number of benzene rings is 2. The van der Waals surface area contributed by atoms with Crippen molar-refractivity contribution in [2.24, 2.45) is 5.41 Å². The normalized spacial score (nSPS) is 18.3. The van der Waals surface area contributed by atoms with Crippen LogP contribution in [0.25, 0.3) is 10.8 Å². The smallest absolute Gasteiger partial charge is 0.321 e. The van der Waals surface area contributed by atoms with Crippen molar-refractivity contribution < 1.29 is 14.4 Å². The molecule has 0 radical (unpaired) electrons. The highest BCUT2D eigenvalue weighted by atomic mass is 32.2. The molecule has 4 rings (SSSR count). The zero-order valence-electron chi connectivity index (χ0n) is 19.1. The van der Waals surface area contributed by atoms with Crippen LogP contribution in [-0.2, 0) is 9.59 Å². The number of nitrogens with one attached hydrogen (secondary N) is 2. The molecule has 2 saturated heterocycles. The zero-order valence-corrected chi connectivity index (χ0v) is 19.9. The van der Waals surface area contributed by atoms with E-state index in [0.29, 0.717) is 32.5 Å². The Labute approximate surface area is 199 Å². The molecule has 33 heavy (non-hydrogen) atoms. The van der Waals surface area contributed by atoms with Crippen LogP contribution in [0.1, 0.15) is 25.7 Å². The molecular weight excluding hydrogens is 436 g/mol. The van der Waals surface area contributed by atoms with Crippen LogP contribution in [-0.4, -0.2) is 72.4 Å². The summed E-state index contributed by atoms with van der Waals surface area (Å²) < 4.78 is 0. The van der Waals surface area contributed by atoms with Crippen LogP contribution >= 0.6 is 11.8 Å². The van der Waals surface area contributed by atoms with Gasteiger partial charge in [0.15, 0.2) is 0 Å². The van der Waals surface area contributed by atoms with E-state index in [2.05, 4.69) is 10.6 Å². The lowest BCUT2D eigenvalue weighted by Crippen LogP contribution is -2.48. The zero-order chi connectivity index (χ0) is 23.3. The Balaban J connectivity index is 1.33. The number of carbonyl (C=O) groups is 3. The second kappa shape index (κ2) is 10.5. The molecule has 2 N–H and O–H groups in total. The summed E-state index contributed by atoms with van der Waals surface area (Å²) in [6, 6.07) is 13.5. The fourth-order valence-corrected chi connectivity index (χ4v) is 5.53. The number of amides is 4. The van der Waals surface area contributed by atoms with Gasteiger partial charge in [-0.3, -0.25) is 9.59 Å². The van der Waals surface area contributed by atoms with E-state index in [1.54, 1.807) is 11.8 Å². The maximum absolute atomic E-state index is 13.0. The van der Waals surface area contributed by atoms with Gasteiger partial charge in [-0.15, -0.1) is 0 Å². The minimum Gasteiger partial charge on any atom is -0.347 e. The van der Waals surface area contributed by atoms with Crippen LogP contribution in [0.5, 0.6) is 0 Å². The molecule has 2 heterocycles. The van der Waals surface area contributed by atoms with Crippen molar-refractivity contribution in [2.75, 3.05) is 43.5 Å². The monoisotopic (exact) mass is 468 g/mol. The van der Waals surface area contributed by atoms with Crippen molar-refractivity contribution in [1.82, 2.24) is 15.1 Å². The number of nitrogens with zero attached hydrogens (tertiary/aromatic N) is 2. The van der Waals surface area contributed by atoms with E-state index in [1.165, 1.54) is 0 Å². The lowest BCUT2D eigenvalue weighted by atomic mass is 9.78. The molecular formula is C25H32N4O3S. The first-order chi connectivity index (χ1) is 16.0. The van der Waals surface area contributed by atoms with Crippen molar-refractivity contribution in [2.45, 2.75) is 31.7 Å². The fourth-order valence-electron chi connectivity index (χ4n) is 5.06. The Morgan fingerprint density at radius 3 is 2.48 bits per heavy atom. The van der Waals surface area contributed by atoms with Gasteiger partial charge < -0.3 is 20.4 Å². The maximum Gasteiger partial charge on any atom is 0.321 e. The number of rotatable bonds is 7. The number of thioether (sulfide) groups is 1. The Morgan fingerprint density at radius 2 is 1.76 bits per heavy atom. The van der Waals surface area contributed by atoms with Gasteiger partial charge in [0, 0.05) is 31.6 Å². The molecule has 0 bridgehead atoms. The van der Waals surface area contributed by atoms with Gasteiger partial charge in [0.2, 0.25) is 12.3 Å². The largest absolute Gasteiger partial charge is 0.347 e. The van der Waals surface area contributed by atoms with Crippen LogP contribution in [0.15, 0.2) is 42.5 Å². The van der Waals surface area contributed by atoms with E-state index < -0.39 is 6.04 Å². The molecule has 2 aromatic rings. The molecule has 1 spiro atoms. The number of urea groups is 1. The fraction of sp³-hybridized carbons (Fsp3) is 0.480. The Hall–Kier alpha value is -2.74. The second-order valence-electron chi connectivity index (χ2n) is 9.07. The molecule has 0 aliphatic carbocycles. The van der Waals surface area contributed by atoms with Crippen molar-refractivity contribution in [3.63, 3.8) is 0 Å². The second-order valence-corrected chi connectivity index (χ2v) is 10.1. The number of anilines is 1. The van der Waals surface area contributed by atoms with Gasteiger partial charge in [0.1, 0.15) is 6.04 Å². The Morgan fingerprint density at radius 1 is 1.06 bits per heavy atom. The number of hydrogen-bond donors (Lipinski definition) is 2. The number of likely N-dealkylation sites (tertiary alicyclic amines) is 2. The predicted molar refractivity (Wildman–Crippen MR) is 133 cm³/mol. The van der Waals surface area contributed by atoms with E-state index in [1.807, 2.05) is 58.5 Å². The van der Waals surface area contributed by atoms with Crippen molar-refractivity contribution >= 4 is 46.6 Å². The Kier molecular flexibility index (Phi) is 7.42. The molecule has 1 unspecified atom stereocenters. The first kappa shape index (κ1) is 23.4. The molecule has 1 atom stereocenters. The summed E-state index contributed by atoms with van der Waals surface area (Å²) in [5.41, 5.74) is 0.895. The topological polar surface area (TPSA) is 81.8 Å². The quantitative estimate of drug-likeness (QED) is 0.609. The van der Waals surface area contributed by atoms with Crippen LogP contribution < -0.4 is 10.6 Å². The third-order valence-electron chi connectivity index (χ3n) is 7.07. The molecule has 2 fully saturated rings. The van der Waals surface area contributed by atoms with Crippen LogP contribution in [0.4, 0.5) is 10.5 Å². The third kappa shape index (κ3) is 5.27. The number of fused-ring (bicyclic) bond motifs is 1. The van der Waals surface area contributed by atoms with E-state index in [-0.39, 0.29) is 17.4 Å². The van der Waals surface area contributed by atoms with Gasteiger partial charge in [-0.2, -0.15) is 11.8 Å². The number of carbonyl (C=O) groups excluding carboxylic acids is 3. The van der Waals surface area contributed by atoms with Crippen LogP contribution in [0.3, 0.4) is 0 Å². The highest BCUT2D eigenvalue weighted by Gasteiger charge is 2.43. The maximum atomic E-state index is 13.0. The minimum atomic E-state index is -0.448. The summed E-state index contributed by atoms with van der Waals surface area (Å²) in [6.07, 6.45) is 5.99. The van der Waals surface area contributed by atoms with Crippen LogP contribution in [0.2, 0.25) is 0 Å². The van der Waals surface area contributed by atoms with Crippen molar-refractivity contribution in [1.29, 1.82) is 0 Å². The molecule has 7 nitrogen and oxygen atoms in total. The number of hydrogen-bond acceptors (Lipinski definition) is 4. The molecule has 2 aromatic carbocycles. The van der Waals surface area contributed by atoms with Gasteiger partial charge in [-0.1, -0.05) is 36.4 Å². The van der Waals surface area contributed by atoms with E-state index >= 15 is 0 Å². The summed E-state index contributed by atoms with van der Waals surface area (Å²) in [5.74, 6) is 0.848. The summed E-state index contributed by atoms with van der Waals surface area (Å²) in [6.45, 7) is 2.79. The van der Waals surface area contributed by atoms with Gasteiger partial charge in [0.05, 0.1) is 5.69 Å². The molecule has 2 aliphatic heterocycles. The third-order valence-corrected chi connectivity index (χ3v) is 7.71. The molecule has 0 aromatic heterocycles. The first-order valence-electron chi connectivity index (χ1n) is 11.6. The highest BCUT2D eigenvalue weighted by molar-refractivity contribution is 7.98. The summed E-state index contributed by atoms with van der Waals surface area (Å²) in [5, 5.41) is 7.92. The van der Waals surface area contributed by atoms with E-state index in [0.717, 1.165) is 48.0 Å². The molecule has 8 heteroatoms. The lowest BCUT2D eigenvalue weighted by molar-refractivity contribution is -0.134. The molecule has 0 saturated carbocycles. The summed E-state index contributed by atoms with van der Waals surface area (Å²) in [4.78, 5) is 40.7. The Bertz CT molecular complexity index is 1000. The van der Waals surface area contributed by atoms with Gasteiger partial charge in [-0.25, -0.2) is 4.79 Å². The highest BCUT2D eigenvalue weighted by Crippen LogP contribution is 2.40. The SMILES string of the molecule is CSCCC(NC=O)C(=O)N1CCC2(CCN(C(=O)Nc3cccc4ccccc34)CC2)C1. The minimum absolute atomic E-state index is 0.0177.